The first-order chi connectivity index (χ1) is 5.62. The summed E-state index contributed by atoms with van der Waals surface area (Å²) in [6.07, 6.45) is 5.65. The molecular formula is C8H18S4. The highest BCUT2D eigenvalue weighted by atomic mass is 32.2. The van der Waals surface area contributed by atoms with Crippen molar-refractivity contribution in [1.29, 1.82) is 0 Å². The van der Waals surface area contributed by atoms with Gasteiger partial charge in [-0.05, 0) is 30.8 Å². The van der Waals surface area contributed by atoms with Crippen molar-refractivity contribution in [1.82, 2.24) is 0 Å². The van der Waals surface area contributed by atoms with E-state index in [-0.39, 0.29) is 4.08 Å². The summed E-state index contributed by atoms with van der Waals surface area (Å²) < 4.78 is -0.113. The minimum absolute atomic E-state index is 0.113. The predicted molar refractivity (Wildman–Crippen MR) is 71.5 cm³/mol. The van der Waals surface area contributed by atoms with Crippen LogP contribution in [0.15, 0.2) is 0 Å². The second-order valence-corrected chi connectivity index (χ2v) is 5.95. The average Bonchev–Trinajstić information content (AvgIpc) is 1.98. The smallest absolute Gasteiger partial charge is 0.0559 e. The van der Waals surface area contributed by atoms with Gasteiger partial charge in [-0.25, -0.2) is 0 Å². The van der Waals surface area contributed by atoms with Crippen LogP contribution in [0.3, 0.4) is 0 Å². The molecule has 0 fully saturated rings. The molecule has 0 radical (unpaired) electrons. The van der Waals surface area contributed by atoms with E-state index in [0.717, 1.165) is 24.3 Å². The molecule has 0 aliphatic carbocycles. The van der Waals surface area contributed by atoms with Crippen molar-refractivity contribution < 1.29 is 0 Å². The van der Waals surface area contributed by atoms with E-state index < -0.39 is 0 Å². The van der Waals surface area contributed by atoms with E-state index >= 15 is 0 Å². The number of hydrogen-bond acceptors (Lipinski definition) is 4. The van der Waals surface area contributed by atoms with E-state index in [4.69, 9.17) is 0 Å². The molecule has 0 amide bonds. The Morgan fingerprint density at radius 3 is 1.92 bits per heavy atom. The predicted octanol–water partition coefficient (Wildman–Crippen LogP) is 3.35. The van der Waals surface area contributed by atoms with E-state index in [0.29, 0.717) is 0 Å². The summed E-state index contributed by atoms with van der Waals surface area (Å²) in [4.78, 5) is 0. The summed E-state index contributed by atoms with van der Waals surface area (Å²) >= 11 is 17.3. The van der Waals surface area contributed by atoms with Crippen LogP contribution in [0.2, 0.25) is 0 Å². The lowest BCUT2D eigenvalue weighted by Crippen LogP contribution is -2.13. The van der Waals surface area contributed by atoms with Gasteiger partial charge in [-0.1, -0.05) is 12.8 Å². The minimum Gasteiger partial charge on any atom is -0.179 e. The SMILES string of the molecule is SCCCCCC(S)(S)CCS. The Bertz CT molecular complexity index is 103. The van der Waals surface area contributed by atoms with Crippen molar-refractivity contribution >= 4 is 50.5 Å². The molecule has 0 aromatic heterocycles. The van der Waals surface area contributed by atoms with Gasteiger partial charge in [-0.15, -0.1) is 0 Å². The van der Waals surface area contributed by atoms with Crippen molar-refractivity contribution in [2.75, 3.05) is 11.5 Å². The lowest BCUT2D eigenvalue weighted by atomic mass is 10.1. The van der Waals surface area contributed by atoms with E-state index in [1.54, 1.807) is 0 Å². The zero-order valence-electron chi connectivity index (χ0n) is 7.24. The van der Waals surface area contributed by atoms with E-state index in [2.05, 4.69) is 50.5 Å². The fourth-order valence-electron chi connectivity index (χ4n) is 1.00. The van der Waals surface area contributed by atoms with Gasteiger partial charge in [0.25, 0.3) is 0 Å². The van der Waals surface area contributed by atoms with Gasteiger partial charge in [0.1, 0.15) is 0 Å². The standard InChI is InChI=1S/C8H18S4/c9-6-3-1-2-4-8(11,12)5-7-10/h9-12H,1-7H2. The maximum atomic E-state index is 4.47. The van der Waals surface area contributed by atoms with Crippen molar-refractivity contribution in [3.8, 4) is 0 Å². The largest absolute Gasteiger partial charge is 0.179 e. The first-order valence-electron chi connectivity index (χ1n) is 4.29. The van der Waals surface area contributed by atoms with Crippen LogP contribution < -0.4 is 0 Å². The van der Waals surface area contributed by atoms with Crippen LogP contribution in [0.25, 0.3) is 0 Å². The van der Waals surface area contributed by atoms with Crippen LogP contribution >= 0.6 is 50.5 Å². The van der Waals surface area contributed by atoms with E-state index in [9.17, 15) is 0 Å². The molecule has 0 aromatic rings. The molecule has 0 spiro atoms. The van der Waals surface area contributed by atoms with Crippen LogP contribution in [0.5, 0.6) is 0 Å². The Morgan fingerprint density at radius 2 is 1.42 bits per heavy atom. The maximum absolute atomic E-state index is 4.47. The van der Waals surface area contributed by atoms with Gasteiger partial charge in [0.2, 0.25) is 0 Å². The molecular weight excluding hydrogens is 224 g/mol. The van der Waals surface area contributed by atoms with Gasteiger partial charge < -0.3 is 0 Å². The highest BCUT2D eigenvalue weighted by Gasteiger charge is 2.17. The first kappa shape index (κ1) is 13.4. The van der Waals surface area contributed by atoms with Crippen molar-refractivity contribution in [3.05, 3.63) is 0 Å². The molecule has 0 N–H and O–H groups in total. The molecule has 0 aliphatic rings. The molecule has 0 unspecified atom stereocenters. The maximum Gasteiger partial charge on any atom is 0.0559 e. The Labute approximate surface area is 97.9 Å². The van der Waals surface area contributed by atoms with Gasteiger partial charge in [-0.2, -0.15) is 50.5 Å². The molecule has 12 heavy (non-hydrogen) atoms. The normalized spacial score (nSPS) is 12.0. The first-order valence-corrected chi connectivity index (χ1v) is 6.45. The second-order valence-electron chi connectivity index (χ2n) is 2.99. The number of unbranched alkanes of at least 4 members (excludes halogenated alkanes) is 2. The van der Waals surface area contributed by atoms with Gasteiger partial charge in [0.15, 0.2) is 0 Å². The average molecular weight is 243 g/mol. The van der Waals surface area contributed by atoms with E-state index in [1.165, 1.54) is 19.3 Å². The third-order valence-electron chi connectivity index (χ3n) is 1.75. The Hall–Kier alpha value is 1.40. The number of hydrogen-bond donors (Lipinski definition) is 4. The molecule has 0 saturated carbocycles. The van der Waals surface area contributed by atoms with Gasteiger partial charge in [0.05, 0.1) is 4.08 Å². The molecule has 0 heterocycles. The van der Waals surface area contributed by atoms with Crippen molar-refractivity contribution in [3.63, 3.8) is 0 Å². The minimum atomic E-state index is -0.113. The van der Waals surface area contributed by atoms with Gasteiger partial charge in [-0.3, -0.25) is 0 Å². The van der Waals surface area contributed by atoms with Gasteiger partial charge >= 0.3 is 0 Å². The Morgan fingerprint density at radius 1 is 0.750 bits per heavy atom. The molecule has 4 heteroatoms. The fraction of sp³-hybridized carbons (Fsp3) is 1.00. The summed E-state index contributed by atoms with van der Waals surface area (Å²) in [5.41, 5.74) is 0. The topological polar surface area (TPSA) is 0 Å². The quantitative estimate of drug-likeness (QED) is 0.294. The summed E-state index contributed by atoms with van der Waals surface area (Å²) in [7, 11) is 0. The molecule has 0 aromatic carbocycles. The lowest BCUT2D eigenvalue weighted by Gasteiger charge is -2.21. The molecule has 0 aliphatic heterocycles. The highest BCUT2D eigenvalue weighted by molar-refractivity contribution is 8.00. The molecule has 0 atom stereocenters. The molecule has 0 saturated heterocycles. The van der Waals surface area contributed by atoms with Crippen molar-refractivity contribution in [2.24, 2.45) is 0 Å². The Balaban J connectivity index is 3.33. The molecule has 0 rings (SSSR count). The number of rotatable bonds is 7. The molecule has 74 valence electrons. The van der Waals surface area contributed by atoms with Crippen LogP contribution in [0.1, 0.15) is 32.1 Å². The van der Waals surface area contributed by atoms with Gasteiger partial charge in [0, 0.05) is 0 Å². The van der Waals surface area contributed by atoms with Crippen LogP contribution in [-0.4, -0.2) is 15.6 Å². The molecule has 0 nitrogen and oxygen atoms in total. The third-order valence-corrected chi connectivity index (χ3v) is 3.18. The summed E-state index contributed by atoms with van der Waals surface area (Å²) in [5, 5.41) is 0. The van der Waals surface area contributed by atoms with Crippen molar-refractivity contribution in [2.45, 2.75) is 36.2 Å². The zero-order chi connectivity index (χ0) is 9.45. The number of thiol groups is 4. The monoisotopic (exact) mass is 242 g/mol. The summed E-state index contributed by atoms with van der Waals surface area (Å²) in [5.74, 6) is 1.85. The summed E-state index contributed by atoms with van der Waals surface area (Å²) in [6, 6.07) is 0. The third kappa shape index (κ3) is 8.02. The zero-order valence-corrected chi connectivity index (χ0v) is 10.8. The van der Waals surface area contributed by atoms with Crippen LogP contribution in [-0.2, 0) is 0 Å². The molecule has 0 bridgehead atoms. The second kappa shape index (κ2) is 7.77. The van der Waals surface area contributed by atoms with Crippen LogP contribution in [0.4, 0.5) is 0 Å². The lowest BCUT2D eigenvalue weighted by molar-refractivity contribution is 0.619. The Kier molecular flexibility index (Phi) is 8.68. The van der Waals surface area contributed by atoms with Crippen LogP contribution in [0, 0.1) is 0 Å². The van der Waals surface area contributed by atoms with E-state index in [1.807, 2.05) is 0 Å². The summed E-state index contributed by atoms with van der Waals surface area (Å²) in [6.45, 7) is 0. The fourth-order valence-corrected chi connectivity index (χ4v) is 2.50. The highest BCUT2D eigenvalue weighted by Crippen LogP contribution is 2.30.